The Morgan fingerprint density at radius 2 is 2.12 bits per heavy atom. The lowest BCUT2D eigenvalue weighted by Crippen LogP contribution is -2.34. The molecule has 1 aliphatic rings. The second kappa shape index (κ2) is 5.15. The van der Waals surface area contributed by atoms with E-state index < -0.39 is 11.9 Å². The van der Waals surface area contributed by atoms with Crippen LogP contribution in [0.5, 0.6) is 5.75 Å². The molecule has 1 aromatic carbocycles. The number of nitriles is 1. The molecule has 0 saturated heterocycles. The van der Waals surface area contributed by atoms with Gasteiger partial charge in [-0.1, -0.05) is 12.5 Å². The number of hydrogen-bond donors (Lipinski definition) is 1. The van der Waals surface area contributed by atoms with Crippen molar-refractivity contribution in [3.63, 3.8) is 0 Å². The summed E-state index contributed by atoms with van der Waals surface area (Å²) >= 11 is 0. The van der Waals surface area contributed by atoms with Gasteiger partial charge in [0.1, 0.15) is 29.3 Å². The molecule has 1 aromatic rings. The molecule has 2 rings (SSSR count). The first-order valence-corrected chi connectivity index (χ1v) is 5.75. The second-order valence-electron chi connectivity index (χ2n) is 4.23. The topological polar surface area (TPSA) is 53.2 Å². The van der Waals surface area contributed by atoms with Crippen molar-refractivity contribution in [2.45, 2.75) is 37.9 Å². The highest BCUT2D eigenvalue weighted by atomic mass is 19.1. The van der Waals surface area contributed by atoms with Gasteiger partial charge in [-0.05, 0) is 31.4 Å². The zero-order valence-electron chi connectivity index (χ0n) is 9.40. The summed E-state index contributed by atoms with van der Waals surface area (Å²) in [5.74, 6) is -0.367. The van der Waals surface area contributed by atoms with E-state index in [0.29, 0.717) is 6.42 Å². The molecule has 4 heteroatoms. The average Bonchev–Trinajstić information content (AvgIpc) is 2.32. The highest BCUT2D eigenvalue weighted by Crippen LogP contribution is 2.27. The zero-order chi connectivity index (χ0) is 12.3. The molecule has 3 nitrogen and oxygen atoms in total. The molecule has 1 saturated carbocycles. The van der Waals surface area contributed by atoms with Gasteiger partial charge in [-0.2, -0.15) is 5.26 Å². The zero-order valence-corrected chi connectivity index (χ0v) is 9.40. The first-order chi connectivity index (χ1) is 8.22. The summed E-state index contributed by atoms with van der Waals surface area (Å²) in [4.78, 5) is 0. The van der Waals surface area contributed by atoms with Crippen LogP contribution in [0.2, 0.25) is 0 Å². The molecule has 0 aromatic heterocycles. The summed E-state index contributed by atoms with van der Waals surface area (Å²) < 4.78 is 18.9. The fourth-order valence-electron chi connectivity index (χ4n) is 2.09. The molecule has 0 unspecified atom stereocenters. The Hall–Kier alpha value is -1.60. The highest BCUT2D eigenvalue weighted by Gasteiger charge is 2.25. The van der Waals surface area contributed by atoms with Crippen molar-refractivity contribution in [2.24, 2.45) is 0 Å². The van der Waals surface area contributed by atoms with Gasteiger partial charge in [-0.15, -0.1) is 0 Å². The lowest BCUT2D eigenvalue weighted by atomic mass is 9.95. The summed E-state index contributed by atoms with van der Waals surface area (Å²) in [7, 11) is 0. The first kappa shape index (κ1) is 11.9. The van der Waals surface area contributed by atoms with E-state index in [9.17, 15) is 9.50 Å². The van der Waals surface area contributed by atoms with Crippen LogP contribution >= 0.6 is 0 Å². The van der Waals surface area contributed by atoms with Crippen molar-refractivity contribution in [2.75, 3.05) is 0 Å². The Kier molecular flexibility index (Phi) is 3.60. The van der Waals surface area contributed by atoms with Gasteiger partial charge in [0, 0.05) is 0 Å². The minimum Gasteiger partial charge on any atom is -0.486 e. The molecule has 0 heterocycles. The van der Waals surface area contributed by atoms with E-state index in [1.807, 2.05) is 0 Å². The summed E-state index contributed by atoms with van der Waals surface area (Å²) in [6, 6.07) is 6.07. The monoisotopic (exact) mass is 235 g/mol. The predicted octanol–water partition coefficient (Wildman–Crippen LogP) is 2.38. The lowest BCUT2D eigenvalue weighted by Gasteiger charge is -2.28. The SMILES string of the molecule is N#Cc1c(F)cccc1O[C@H]1CCCC[C@@H]1O. The summed E-state index contributed by atoms with van der Waals surface area (Å²) in [5.41, 5.74) is -0.0923. The smallest absolute Gasteiger partial charge is 0.144 e. The quantitative estimate of drug-likeness (QED) is 0.856. The Bertz CT molecular complexity index is 442. The van der Waals surface area contributed by atoms with Crippen LogP contribution in [0.1, 0.15) is 31.2 Å². The summed E-state index contributed by atoms with van der Waals surface area (Å²) in [6.45, 7) is 0. The molecule has 0 spiro atoms. The molecule has 1 aliphatic carbocycles. The standard InChI is InChI=1S/C13H14FNO2/c14-10-4-3-7-12(9(10)8-15)17-13-6-2-1-5-11(13)16/h3-4,7,11,13,16H,1-2,5-6H2/t11-,13-/m0/s1. The number of hydrogen-bond acceptors (Lipinski definition) is 3. The Balaban J connectivity index is 2.18. The normalized spacial score (nSPS) is 24.1. The van der Waals surface area contributed by atoms with Gasteiger partial charge in [-0.25, -0.2) is 4.39 Å². The number of halogens is 1. The molecule has 90 valence electrons. The number of ether oxygens (including phenoxy) is 1. The highest BCUT2D eigenvalue weighted by molar-refractivity contribution is 5.43. The Morgan fingerprint density at radius 1 is 1.35 bits per heavy atom. The lowest BCUT2D eigenvalue weighted by molar-refractivity contribution is 0.00657. The van der Waals surface area contributed by atoms with Crippen molar-refractivity contribution in [1.82, 2.24) is 0 Å². The van der Waals surface area contributed by atoms with Crippen LogP contribution in [0.25, 0.3) is 0 Å². The van der Waals surface area contributed by atoms with Gasteiger partial charge in [0.25, 0.3) is 0 Å². The van der Waals surface area contributed by atoms with E-state index in [0.717, 1.165) is 19.3 Å². The molecule has 0 aliphatic heterocycles. The number of aliphatic hydroxyl groups is 1. The van der Waals surface area contributed by atoms with E-state index in [1.165, 1.54) is 12.1 Å². The molecule has 1 N–H and O–H groups in total. The van der Waals surface area contributed by atoms with E-state index in [4.69, 9.17) is 10.00 Å². The second-order valence-corrected chi connectivity index (χ2v) is 4.23. The first-order valence-electron chi connectivity index (χ1n) is 5.75. The van der Waals surface area contributed by atoms with Gasteiger partial charge in [0.05, 0.1) is 6.10 Å². The van der Waals surface area contributed by atoms with Gasteiger partial charge >= 0.3 is 0 Å². The molecule has 2 atom stereocenters. The Labute approximate surface area is 99.4 Å². The van der Waals surface area contributed by atoms with E-state index in [-0.39, 0.29) is 17.4 Å². The third kappa shape index (κ3) is 2.56. The molecular weight excluding hydrogens is 221 g/mol. The van der Waals surface area contributed by atoms with E-state index in [1.54, 1.807) is 12.1 Å². The van der Waals surface area contributed by atoms with Crippen molar-refractivity contribution in [3.05, 3.63) is 29.6 Å². The van der Waals surface area contributed by atoms with Crippen molar-refractivity contribution in [1.29, 1.82) is 5.26 Å². The van der Waals surface area contributed by atoms with Gasteiger partial charge in [0.15, 0.2) is 0 Å². The Morgan fingerprint density at radius 3 is 2.82 bits per heavy atom. The fraction of sp³-hybridized carbons (Fsp3) is 0.462. The number of benzene rings is 1. The number of aliphatic hydroxyl groups excluding tert-OH is 1. The van der Waals surface area contributed by atoms with Gasteiger partial charge < -0.3 is 9.84 Å². The van der Waals surface area contributed by atoms with Crippen LogP contribution in [0, 0.1) is 17.1 Å². The van der Waals surface area contributed by atoms with Crippen molar-refractivity contribution in [3.8, 4) is 11.8 Å². The van der Waals surface area contributed by atoms with E-state index >= 15 is 0 Å². The van der Waals surface area contributed by atoms with E-state index in [2.05, 4.69) is 0 Å². The maximum Gasteiger partial charge on any atom is 0.144 e. The number of nitrogens with zero attached hydrogens (tertiary/aromatic N) is 1. The van der Waals surface area contributed by atoms with Crippen LogP contribution in [0.15, 0.2) is 18.2 Å². The van der Waals surface area contributed by atoms with Crippen molar-refractivity contribution < 1.29 is 14.2 Å². The molecule has 0 radical (unpaired) electrons. The largest absolute Gasteiger partial charge is 0.486 e. The average molecular weight is 235 g/mol. The van der Waals surface area contributed by atoms with Crippen LogP contribution in [0.3, 0.4) is 0 Å². The molecule has 17 heavy (non-hydrogen) atoms. The third-order valence-electron chi connectivity index (χ3n) is 3.03. The summed E-state index contributed by atoms with van der Waals surface area (Å²) in [5, 5.41) is 18.6. The maximum absolute atomic E-state index is 13.3. The van der Waals surface area contributed by atoms with Crippen LogP contribution in [-0.2, 0) is 0 Å². The maximum atomic E-state index is 13.3. The van der Waals surface area contributed by atoms with Gasteiger partial charge in [0.2, 0.25) is 0 Å². The van der Waals surface area contributed by atoms with Crippen LogP contribution < -0.4 is 4.74 Å². The molecular formula is C13H14FNO2. The number of rotatable bonds is 2. The molecule has 1 fully saturated rings. The summed E-state index contributed by atoms with van der Waals surface area (Å²) in [6.07, 6.45) is 2.54. The minimum absolute atomic E-state index is 0.0923. The van der Waals surface area contributed by atoms with Crippen LogP contribution in [0.4, 0.5) is 4.39 Å². The molecule has 0 amide bonds. The molecule has 0 bridgehead atoms. The fourth-order valence-corrected chi connectivity index (χ4v) is 2.09. The van der Waals surface area contributed by atoms with Crippen LogP contribution in [-0.4, -0.2) is 17.3 Å². The van der Waals surface area contributed by atoms with Crippen molar-refractivity contribution >= 4 is 0 Å². The minimum atomic E-state index is -0.588. The van der Waals surface area contributed by atoms with Gasteiger partial charge in [-0.3, -0.25) is 0 Å². The third-order valence-corrected chi connectivity index (χ3v) is 3.03. The predicted molar refractivity (Wildman–Crippen MR) is 60.0 cm³/mol.